The van der Waals surface area contributed by atoms with Crippen LogP contribution in [0.3, 0.4) is 0 Å². The highest BCUT2D eigenvalue weighted by atomic mass is 16.3. The van der Waals surface area contributed by atoms with Gasteiger partial charge in [0.2, 0.25) is 0 Å². The zero-order valence-corrected chi connectivity index (χ0v) is 9.24. The minimum atomic E-state index is 1.07. The lowest BCUT2D eigenvalue weighted by atomic mass is 10.2. The molecule has 0 bridgehead atoms. The summed E-state index contributed by atoms with van der Waals surface area (Å²) in [5.41, 5.74) is 0. The summed E-state index contributed by atoms with van der Waals surface area (Å²) in [7, 11) is 0. The van der Waals surface area contributed by atoms with Gasteiger partial charge in [-0.25, -0.2) is 0 Å². The monoisotopic (exact) mass is 208 g/mol. The second-order valence-electron chi connectivity index (χ2n) is 4.13. The largest absolute Gasteiger partial charge is 0.469 e. The maximum Gasteiger partial charge on any atom is 0.103 e. The Morgan fingerprint density at radius 2 is 2.33 bits per heavy atom. The van der Waals surface area contributed by atoms with Gasteiger partial charge in [0.15, 0.2) is 0 Å². The first kappa shape index (κ1) is 10.7. The third-order valence-electron chi connectivity index (χ3n) is 2.91. The van der Waals surface area contributed by atoms with Crippen LogP contribution in [0.4, 0.5) is 0 Å². The average molecular weight is 208 g/mol. The van der Waals surface area contributed by atoms with Crippen LogP contribution in [0.2, 0.25) is 0 Å². The molecular formula is C12H20N2O. The maximum atomic E-state index is 5.32. The van der Waals surface area contributed by atoms with E-state index in [4.69, 9.17) is 4.42 Å². The van der Waals surface area contributed by atoms with E-state index < -0.39 is 0 Å². The molecule has 1 aliphatic rings. The van der Waals surface area contributed by atoms with Crippen molar-refractivity contribution in [2.45, 2.75) is 19.3 Å². The molecule has 3 nitrogen and oxygen atoms in total. The van der Waals surface area contributed by atoms with E-state index in [0.717, 1.165) is 18.7 Å². The minimum Gasteiger partial charge on any atom is -0.469 e. The second-order valence-corrected chi connectivity index (χ2v) is 4.13. The van der Waals surface area contributed by atoms with Crippen molar-refractivity contribution >= 4 is 0 Å². The number of nitrogens with zero attached hydrogens (tertiary/aromatic N) is 1. The fourth-order valence-corrected chi connectivity index (χ4v) is 2.06. The predicted octanol–water partition coefficient (Wildman–Crippen LogP) is 1.51. The Morgan fingerprint density at radius 3 is 3.20 bits per heavy atom. The van der Waals surface area contributed by atoms with E-state index in [-0.39, 0.29) is 0 Å². The van der Waals surface area contributed by atoms with Crippen LogP contribution in [0.15, 0.2) is 22.8 Å². The van der Waals surface area contributed by atoms with Gasteiger partial charge in [0.1, 0.15) is 5.76 Å². The van der Waals surface area contributed by atoms with Crippen molar-refractivity contribution in [2.75, 3.05) is 32.7 Å². The molecule has 15 heavy (non-hydrogen) atoms. The Morgan fingerprint density at radius 1 is 1.33 bits per heavy atom. The summed E-state index contributed by atoms with van der Waals surface area (Å²) in [6.07, 6.45) is 5.30. The molecule has 0 aliphatic carbocycles. The molecule has 0 atom stereocenters. The van der Waals surface area contributed by atoms with Gasteiger partial charge in [0.25, 0.3) is 0 Å². The normalized spacial score (nSPS) is 18.9. The number of nitrogens with one attached hydrogen (secondary N) is 1. The summed E-state index contributed by atoms with van der Waals surface area (Å²) in [4.78, 5) is 2.54. The zero-order valence-electron chi connectivity index (χ0n) is 9.24. The lowest BCUT2D eigenvalue weighted by Crippen LogP contribution is -2.29. The Hall–Kier alpha value is -0.800. The topological polar surface area (TPSA) is 28.4 Å². The van der Waals surface area contributed by atoms with Gasteiger partial charge in [-0.1, -0.05) is 0 Å². The lowest BCUT2D eigenvalue weighted by molar-refractivity contribution is 0.286. The standard InChI is InChI=1S/C12H20N2O/c1(4-12-5-2-11-15-12)8-14-9-3-6-13-7-10-14/h2,5,11,13H,1,3-4,6-10H2. The Kier molecular flexibility index (Phi) is 4.23. The smallest absolute Gasteiger partial charge is 0.103 e. The van der Waals surface area contributed by atoms with Crippen LogP contribution in [0.5, 0.6) is 0 Å². The van der Waals surface area contributed by atoms with Gasteiger partial charge in [0, 0.05) is 19.5 Å². The van der Waals surface area contributed by atoms with Crippen molar-refractivity contribution in [1.29, 1.82) is 0 Å². The molecule has 0 spiro atoms. The van der Waals surface area contributed by atoms with Crippen LogP contribution in [0, 0.1) is 0 Å². The molecule has 1 saturated heterocycles. The first-order valence-corrected chi connectivity index (χ1v) is 5.90. The summed E-state index contributed by atoms with van der Waals surface area (Å²) in [5.74, 6) is 1.11. The van der Waals surface area contributed by atoms with Crippen LogP contribution in [0.25, 0.3) is 0 Å². The number of rotatable bonds is 4. The molecular weight excluding hydrogens is 188 g/mol. The van der Waals surface area contributed by atoms with E-state index in [1.54, 1.807) is 6.26 Å². The molecule has 2 rings (SSSR count). The van der Waals surface area contributed by atoms with E-state index in [0.29, 0.717) is 0 Å². The molecule has 0 aromatic carbocycles. The third-order valence-corrected chi connectivity index (χ3v) is 2.91. The number of hydrogen-bond acceptors (Lipinski definition) is 3. The first-order chi connectivity index (χ1) is 7.45. The van der Waals surface area contributed by atoms with E-state index in [1.807, 2.05) is 6.07 Å². The molecule has 1 N–H and O–H groups in total. The summed E-state index contributed by atoms with van der Waals surface area (Å²) >= 11 is 0. The predicted molar refractivity (Wildman–Crippen MR) is 61.0 cm³/mol. The number of hydrogen-bond donors (Lipinski definition) is 1. The van der Waals surface area contributed by atoms with Crippen LogP contribution in [0.1, 0.15) is 18.6 Å². The van der Waals surface area contributed by atoms with Gasteiger partial charge in [-0.15, -0.1) is 0 Å². The Labute approximate surface area is 91.4 Å². The Bertz CT molecular complexity index is 251. The SMILES string of the molecule is c1coc(CCCN2CCCNCC2)c1. The Balaban J connectivity index is 1.64. The summed E-state index contributed by atoms with van der Waals surface area (Å²) in [6.45, 7) is 5.95. The molecule has 3 heteroatoms. The molecule has 0 radical (unpaired) electrons. The van der Waals surface area contributed by atoms with E-state index in [2.05, 4.69) is 16.3 Å². The van der Waals surface area contributed by atoms with Crippen LogP contribution in [-0.4, -0.2) is 37.6 Å². The first-order valence-electron chi connectivity index (χ1n) is 5.90. The van der Waals surface area contributed by atoms with Crippen LogP contribution < -0.4 is 5.32 Å². The molecule has 1 aromatic heterocycles. The van der Waals surface area contributed by atoms with E-state index in [1.165, 1.54) is 39.0 Å². The number of aryl methyl sites for hydroxylation is 1. The fraction of sp³-hybridized carbons (Fsp3) is 0.667. The van der Waals surface area contributed by atoms with Crippen LogP contribution >= 0.6 is 0 Å². The molecule has 1 aromatic rings. The van der Waals surface area contributed by atoms with Crippen molar-refractivity contribution in [3.05, 3.63) is 24.2 Å². The zero-order chi connectivity index (χ0) is 10.3. The molecule has 1 aliphatic heterocycles. The van der Waals surface area contributed by atoms with Crippen molar-refractivity contribution in [3.8, 4) is 0 Å². The van der Waals surface area contributed by atoms with Crippen molar-refractivity contribution in [3.63, 3.8) is 0 Å². The van der Waals surface area contributed by atoms with E-state index >= 15 is 0 Å². The van der Waals surface area contributed by atoms with Crippen molar-refractivity contribution in [2.24, 2.45) is 0 Å². The van der Waals surface area contributed by atoms with E-state index in [9.17, 15) is 0 Å². The van der Waals surface area contributed by atoms with Gasteiger partial charge in [-0.2, -0.15) is 0 Å². The van der Waals surface area contributed by atoms with Gasteiger partial charge in [0.05, 0.1) is 6.26 Å². The quantitative estimate of drug-likeness (QED) is 0.813. The van der Waals surface area contributed by atoms with Crippen molar-refractivity contribution < 1.29 is 4.42 Å². The van der Waals surface area contributed by atoms with Crippen molar-refractivity contribution in [1.82, 2.24) is 10.2 Å². The summed E-state index contributed by atoms with van der Waals surface area (Å²) < 4.78 is 5.32. The summed E-state index contributed by atoms with van der Waals surface area (Å²) in [6, 6.07) is 4.02. The highest BCUT2D eigenvalue weighted by molar-refractivity contribution is 4.97. The highest BCUT2D eigenvalue weighted by Crippen LogP contribution is 2.05. The molecule has 0 saturated carbocycles. The highest BCUT2D eigenvalue weighted by Gasteiger charge is 2.07. The number of furan rings is 1. The summed E-state index contributed by atoms with van der Waals surface area (Å²) in [5, 5.41) is 3.42. The second kappa shape index (κ2) is 5.93. The molecule has 0 unspecified atom stereocenters. The molecule has 1 fully saturated rings. The minimum absolute atomic E-state index is 1.07. The lowest BCUT2D eigenvalue weighted by Gasteiger charge is -2.18. The van der Waals surface area contributed by atoms with Gasteiger partial charge < -0.3 is 14.6 Å². The molecule has 2 heterocycles. The van der Waals surface area contributed by atoms with Gasteiger partial charge >= 0.3 is 0 Å². The van der Waals surface area contributed by atoms with Gasteiger partial charge in [-0.3, -0.25) is 0 Å². The molecule has 84 valence electrons. The van der Waals surface area contributed by atoms with Gasteiger partial charge in [-0.05, 0) is 44.6 Å². The van der Waals surface area contributed by atoms with Crippen LogP contribution in [-0.2, 0) is 6.42 Å². The average Bonchev–Trinajstić information content (AvgIpc) is 2.62. The maximum absolute atomic E-state index is 5.32. The third kappa shape index (κ3) is 3.68. The molecule has 0 amide bonds. The fourth-order valence-electron chi connectivity index (χ4n) is 2.06.